The molecule has 0 bridgehead atoms. The zero-order valence-corrected chi connectivity index (χ0v) is 16.6. The molecule has 1 aliphatic heterocycles. The number of benzene rings is 2. The van der Waals surface area contributed by atoms with Gasteiger partial charge in [0, 0.05) is 47.9 Å². The number of pyridine rings is 1. The minimum absolute atomic E-state index is 0.00463. The zero-order chi connectivity index (χ0) is 21.8. The third kappa shape index (κ3) is 4.08. The van der Waals surface area contributed by atoms with Crippen LogP contribution in [0.4, 0.5) is 0 Å². The number of rotatable bonds is 4. The fraction of sp³-hybridized carbons (Fsp3) is 0.0417. The maximum absolute atomic E-state index is 11.9. The molecule has 3 heterocycles. The van der Waals surface area contributed by atoms with Gasteiger partial charge in [-0.1, -0.05) is 30.3 Å². The van der Waals surface area contributed by atoms with E-state index in [1.165, 1.54) is 6.08 Å². The highest BCUT2D eigenvalue weighted by atomic mass is 16.2. The smallest absolute Gasteiger partial charge is 0.250 e. The van der Waals surface area contributed by atoms with Gasteiger partial charge in [0.1, 0.15) is 0 Å². The fourth-order valence-electron chi connectivity index (χ4n) is 3.46. The molecule has 2 amide bonds. The average molecular weight is 411 g/mol. The van der Waals surface area contributed by atoms with Crippen LogP contribution in [-0.4, -0.2) is 21.8 Å². The highest BCUT2D eigenvalue weighted by molar-refractivity contribution is 6.10. The van der Waals surface area contributed by atoms with Crippen LogP contribution in [0.15, 0.2) is 79.3 Å². The molecule has 0 unspecified atom stereocenters. The maximum Gasteiger partial charge on any atom is 0.250 e. The molecular formula is C24H21N5O2. The summed E-state index contributed by atoms with van der Waals surface area (Å²) in [7, 11) is 0. The highest BCUT2D eigenvalue weighted by Gasteiger charge is 2.16. The van der Waals surface area contributed by atoms with E-state index in [0.717, 1.165) is 38.9 Å². The Morgan fingerprint density at radius 1 is 1.00 bits per heavy atom. The summed E-state index contributed by atoms with van der Waals surface area (Å²) in [5.74, 6) is -0.457. The van der Waals surface area contributed by atoms with Gasteiger partial charge in [0.2, 0.25) is 5.91 Å². The predicted octanol–water partition coefficient (Wildman–Crippen LogP) is 3.08. The monoisotopic (exact) mass is 411 g/mol. The Balaban J connectivity index is 0.000000407. The zero-order valence-electron chi connectivity index (χ0n) is 16.6. The van der Waals surface area contributed by atoms with E-state index in [2.05, 4.69) is 15.3 Å². The summed E-state index contributed by atoms with van der Waals surface area (Å²) >= 11 is 0. The topological polar surface area (TPSA) is 127 Å². The molecule has 0 saturated carbocycles. The van der Waals surface area contributed by atoms with Gasteiger partial charge < -0.3 is 21.8 Å². The number of primary amides is 1. The summed E-state index contributed by atoms with van der Waals surface area (Å²) in [5, 5.41) is 3.33. The van der Waals surface area contributed by atoms with E-state index in [4.69, 9.17) is 11.5 Å². The quantitative estimate of drug-likeness (QED) is 0.411. The molecule has 7 heteroatoms. The Labute approximate surface area is 178 Å². The van der Waals surface area contributed by atoms with Crippen molar-refractivity contribution in [2.45, 2.75) is 6.54 Å². The van der Waals surface area contributed by atoms with Crippen molar-refractivity contribution < 1.29 is 9.59 Å². The van der Waals surface area contributed by atoms with Crippen LogP contribution in [0.3, 0.4) is 0 Å². The van der Waals surface area contributed by atoms with Crippen LogP contribution in [-0.2, 0) is 11.3 Å². The molecule has 6 N–H and O–H groups in total. The fourth-order valence-corrected chi connectivity index (χ4v) is 3.46. The number of fused-ring (bicyclic) bond motifs is 1. The number of carbonyl (C=O) groups excluding carboxylic acids is 2. The van der Waals surface area contributed by atoms with E-state index in [0.29, 0.717) is 12.1 Å². The Morgan fingerprint density at radius 3 is 2.32 bits per heavy atom. The molecule has 2 aromatic carbocycles. The first kappa shape index (κ1) is 20.1. The number of amides is 2. The van der Waals surface area contributed by atoms with Crippen LogP contribution < -0.4 is 16.8 Å². The largest absolute Gasteiger partial charge is 0.366 e. The molecule has 31 heavy (non-hydrogen) atoms. The van der Waals surface area contributed by atoms with E-state index in [-0.39, 0.29) is 5.91 Å². The molecule has 0 aliphatic carbocycles. The first-order valence-corrected chi connectivity index (χ1v) is 9.70. The predicted molar refractivity (Wildman–Crippen MR) is 121 cm³/mol. The number of aromatic amines is 1. The van der Waals surface area contributed by atoms with Crippen molar-refractivity contribution in [3.63, 3.8) is 0 Å². The van der Waals surface area contributed by atoms with Gasteiger partial charge in [0.25, 0.3) is 5.91 Å². The van der Waals surface area contributed by atoms with E-state index >= 15 is 0 Å². The van der Waals surface area contributed by atoms with E-state index in [9.17, 15) is 9.59 Å². The number of nitrogens with two attached hydrogens (primary N) is 2. The second kappa shape index (κ2) is 8.64. The number of nitrogens with one attached hydrogen (secondary N) is 2. The van der Waals surface area contributed by atoms with Crippen LogP contribution in [0, 0.1) is 0 Å². The molecule has 0 saturated heterocycles. The van der Waals surface area contributed by atoms with Gasteiger partial charge in [-0.05, 0) is 41.0 Å². The second-order valence-electron chi connectivity index (χ2n) is 6.94. The van der Waals surface area contributed by atoms with Gasteiger partial charge in [-0.15, -0.1) is 0 Å². The SMILES string of the molecule is NCc1ccccc1-c1ccc(C(N)=O)c2[nH]c(-c3ccncc3)cc12.O=C1C=CN1. The molecule has 7 nitrogen and oxygen atoms in total. The van der Waals surface area contributed by atoms with Gasteiger partial charge in [0.15, 0.2) is 0 Å². The number of hydrogen-bond acceptors (Lipinski definition) is 4. The van der Waals surface area contributed by atoms with Crippen molar-refractivity contribution in [2.75, 3.05) is 0 Å². The number of H-pyrrole nitrogens is 1. The Bertz CT molecular complexity index is 1290. The second-order valence-corrected chi connectivity index (χ2v) is 6.94. The number of carbonyl (C=O) groups is 2. The molecule has 4 aromatic rings. The summed E-state index contributed by atoms with van der Waals surface area (Å²) in [4.78, 5) is 29.0. The van der Waals surface area contributed by atoms with Gasteiger partial charge in [-0.25, -0.2) is 0 Å². The first-order chi connectivity index (χ1) is 15.1. The Morgan fingerprint density at radius 2 is 1.71 bits per heavy atom. The van der Waals surface area contributed by atoms with Crippen molar-refractivity contribution in [3.8, 4) is 22.4 Å². The van der Waals surface area contributed by atoms with Crippen LogP contribution in [0.25, 0.3) is 33.3 Å². The standard InChI is InChI=1S/C21H18N4O.C3H3NO/c22-12-14-3-1-2-4-15(14)16-5-6-17(21(23)26)20-18(16)11-19(25-20)13-7-9-24-10-8-13;5-3-1-2-4-3/h1-11,25H,12,22H2,(H2,23,26);1-2H,(H,4,5). The maximum atomic E-state index is 11.9. The number of nitrogens with zero attached hydrogens (tertiary/aromatic N) is 1. The summed E-state index contributed by atoms with van der Waals surface area (Å²) in [6.45, 7) is 0.441. The summed E-state index contributed by atoms with van der Waals surface area (Å²) in [5.41, 5.74) is 17.7. The lowest BCUT2D eigenvalue weighted by molar-refractivity contribution is -0.117. The van der Waals surface area contributed by atoms with E-state index in [1.807, 2.05) is 48.5 Å². The minimum Gasteiger partial charge on any atom is -0.366 e. The Kier molecular flexibility index (Phi) is 5.59. The van der Waals surface area contributed by atoms with Crippen LogP contribution in [0.1, 0.15) is 15.9 Å². The Hall–Kier alpha value is -4.23. The lowest BCUT2D eigenvalue weighted by Crippen LogP contribution is -2.22. The lowest BCUT2D eigenvalue weighted by Gasteiger charge is -2.10. The lowest BCUT2D eigenvalue weighted by atomic mass is 9.95. The number of aromatic nitrogens is 2. The van der Waals surface area contributed by atoms with Crippen LogP contribution in [0.5, 0.6) is 0 Å². The number of hydrogen-bond donors (Lipinski definition) is 4. The van der Waals surface area contributed by atoms with Crippen molar-refractivity contribution in [2.24, 2.45) is 11.5 Å². The van der Waals surface area contributed by atoms with Gasteiger partial charge in [-0.3, -0.25) is 14.6 Å². The third-order valence-corrected chi connectivity index (χ3v) is 5.04. The van der Waals surface area contributed by atoms with Crippen LogP contribution in [0.2, 0.25) is 0 Å². The van der Waals surface area contributed by atoms with Crippen LogP contribution >= 0.6 is 0 Å². The molecule has 0 spiro atoms. The van der Waals surface area contributed by atoms with Gasteiger partial charge in [-0.2, -0.15) is 0 Å². The van der Waals surface area contributed by atoms with Crippen molar-refractivity contribution in [1.29, 1.82) is 0 Å². The van der Waals surface area contributed by atoms with Crippen molar-refractivity contribution in [3.05, 3.63) is 90.4 Å². The summed E-state index contributed by atoms with van der Waals surface area (Å²) in [6, 6.07) is 17.6. The summed E-state index contributed by atoms with van der Waals surface area (Å²) < 4.78 is 0. The highest BCUT2D eigenvalue weighted by Crippen LogP contribution is 2.35. The molecule has 2 aromatic heterocycles. The first-order valence-electron chi connectivity index (χ1n) is 9.70. The molecule has 154 valence electrons. The summed E-state index contributed by atoms with van der Waals surface area (Å²) in [6.07, 6.45) is 6.54. The van der Waals surface area contributed by atoms with E-state index in [1.54, 1.807) is 24.7 Å². The third-order valence-electron chi connectivity index (χ3n) is 5.04. The molecule has 0 radical (unpaired) electrons. The minimum atomic E-state index is -0.461. The van der Waals surface area contributed by atoms with Gasteiger partial charge >= 0.3 is 0 Å². The van der Waals surface area contributed by atoms with E-state index < -0.39 is 5.91 Å². The molecule has 5 rings (SSSR count). The van der Waals surface area contributed by atoms with Gasteiger partial charge in [0.05, 0.1) is 11.1 Å². The van der Waals surface area contributed by atoms with Crippen molar-refractivity contribution in [1.82, 2.24) is 15.3 Å². The molecule has 0 atom stereocenters. The molecule has 1 aliphatic rings. The molecular weight excluding hydrogens is 390 g/mol. The molecule has 0 fully saturated rings. The average Bonchev–Trinajstić information content (AvgIpc) is 3.23. The normalized spacial score (nSPS) is 12.0. The van der Waals surface area contributed by atoms with Crippen molar-refractivity contribution >= 4 is 22.7 Å².